The number of nitrogens with zero attached hydrogens (tertiary/aromatic N) is 4. The highest BCUT2D eigenvalue weighted by Crippen LogP contribution is 2.33. The molecule has 3 aliphatic rings. The number of carbonyl (C=O) groups is 6. The minimum absolute atomic E-state index is 0.0594. The molecule has 0 bridgehead atoms. The smallest absolute Gasteiger partial charge is 0.323 e. The summed E-state index contributed by atoms with van der Waals surface area (Å²) in [4.78, 5) is 87.8. The Morgan fingerprint density at radius 3 is 2.34 bits per heavy atom. The lowest BCUT2D eigenvalue weighted by atomic mass is 9.87. The molecule has 2 fully saturated rings. The molecule has 2 saturated heterocycles. The van der Waals surface area contributed by atoms with Gasteiger partial charge in [-0.1, -0.05) is 35.7 Å². The van der Waals surface area contributed by atoms with Crippen molar-refractivity contribution in [2.45, 2.75) is 38.1 Å². The summed E-state index contributed by atoms with van der Waals surface area (Å²) in [6.45, 7) is 1.05. The number of nitrogens with one attached hydrogen (secondary N) is 3. The third kappa shape index (κ3) is 7.78. The van der Waals surface area contributed by atoms with E-state index in [2.05, 4.69) is 37.8 Å². The van der Waals surface area contributed by atoms with E-state index in [0.717, 1.165) is 10.5 Å². The number of hydrogen-bond acceptors (Lipinski definition) is 8. The SMILES string of the molecule is O=C1CCC(N2C(=O)c3cccc(CC4CCN(C(=O)c5cccc(C#Cc6cc(NC(=O)Nc7ccnc(Cl)c7)ccn6)c5)CC4)c3C2=O)C(=O)N1. The molecule has 53 heavy (non-hydrogen) atoms. The number of likely N-dealkylation sites (tertiary alicyclic amines) is 1. The van der Waals surface area contributed by atoms with E-state index < -0.39 is 35.7 Å². The Bertz CT molecular complexity index is 2240. The molecule has 0 spiro atoms. The Kier molecular flexibility index (Phi) is 9.96. The molecule has 14 heteroatoms. The number of rotatable bonds is 6. The van der Waals surface area contributed by atoms with E-state index in [1.54, 1.807) is 59.5 Å². The molecule has 1 atom stereocenters. The first-order chi connectivity index (χ1) is 25.6. The molecule has 0 radical (unpaired) electrons. The van der Waals surface area contributed by atoms with Crippen molar-refractivity contribution in [3.63, 3.8) is 0 Å². The second-order valence-corrected chi connectivity index (χ2v) is 13.3. The summed E-state index contributed by atoms with van der Waals surface area (Å²) in [7, 11) is 0. The van der Waals surface area contributed by atoms with E-state index >= 15 is 0 Å². The van der Waals surface area contributed by atoms with Crippen LogP contribution in [0, 0.1) is 17.8 Å². The molecule has 7 rings (SSSR count). The van der Waals surface area contributed by atoms with Gasteiger partial charge in [-0.15, -0.1) is 0 Å². The number of imide groups is 2. The molecule has 2 aromatic carbocycles. The normalized spacial score (nSPS) is 17.1. The highest BCUT2D eigenvalue weighted by molar-refractivity contribution is 6.29. The van der Waals surface area contributed by atoms with Crippen LogP contribution in [-0.2, 0) is 16.0 Å². The molecular weight excluding hydrogens is 698 g/mol. The second-order valence-electron chi connectivity index (χ2n) is 12.9. The lowest BCUT2D eigenvalue weighted by molar-refractivity contribution is -0.136. The fraction of sp³-hybridized carbons (Fsp3) is 0.231. The van der Waals surface area contributed by atoms with E-state index in [0.29, 0.717) is 66.1 Å². The molecule has 4 aromatic rings. The number of pyridine rings is 2. The minimum Gasteiger partial charge on any atom is -0.339 e. The van der Waals surface area contributed by atoms with Crippen LogP contribution in [0.1, 0.15) is 73.6 Å². The fourth-order valence-electron chi connectivity index (χ4n) is 6.81. The number of aromatic nitrogens is 2. The first-order valence-corrected chi connectivity index (χ1v) is 17.4. The first-order valence-electron chi connectivity index (χ1n) is 17.0. The summed E-state index contributed by atoms with van der Waals surface area (Å²) in [6, 6.07) is 17.2. The third-order valence-electron chi connectivity index (χ3n) is 9.41. The van der Waals surface area contributed by atoms with Crippen LogP contribution in [0.2, 0.25) is 5.15 Å². The Hall–Kier alpha value is -6.39. The van der Waals surface area contributed by atoms with Crippen LogP contribution in [-0.4, -0.2) is 74.5 Å². The van der Waals surface area contributed by atoms with Gasteiger partial charge in [0.25, 0.3) is 17.7 Å². The number of fused-ring (bicyclic) bond motifs is 1. The van der Waals surface area contributed by atoms with Crippen molar-refractivity contribution in [2.24, 2.45) is 5.92 Å². The van der Waals surface area contributed by atoms with Crippen LogP contribution in [0.5, 0.6) is 0 Å². The molecule has 7 amide bonds. The Morgan fingerprint density at radius 2 is 1.58 bits per heavy atom. The molecule has 0 saturated carbocycles. The van der Waals surface area contributed by atoms with Crippen LogP contribution < -0.4 is 16.0 Å². The highest BCUT2D eigenvalue weighted by Gasteiger charge is 2.45. The molecule has 13 nitrogen and oxygen atoms in total. The van der Waals surface area contributed by atoms with E-state index in [-0.39, 0.29) is 35.4 Å². The van der Waals surface area contributed by atoms with Crippen molar-refractivity contribution in [3.05, 3.63) is 118 Å². The Labute approximate surface area is 309 Å². The van der Waals surface area contributed by atoms with Gasteiger partial charge in [0.2, 0.25) is 11.8 Å². The maximum absolute atomic E-state index is 13.5. The number of urea groups is 1. The summed E-state index contributed by atoms with van der Waals surface area (Å²) in [5, 5.41) is 7.89. The summed E-state index contributed by atoms with van der Waals surface area (Å²) in [6.07, 6.45) is 5.14. The molecule has 3 aliphatic heterocycles. The van der Waals surface area contributed by atoms with E-state index in [4.69, 9.17) is 11.6 Å². The zero-order chi connectivity index (χ0) is 37.1. The van der Waals surface area contributed by atoms with Gasteiger partial charge in [0.1, 0.15) is 16.9 Å². The summed E-state index contributed by atoms with van der Waals surface area (Å²) in [5.41, 5.74) is 3.85. The summed E-state index contributed by atoms with van der Waals surface area (Å²) < 4.78 is 0. The van der Waals surface area contributed by atoms with Gasteiger partial charge in [-0.05, 0) is 91.6 Å². The molecule has 2 aromatic heterocycles. The van der Waals surface area contributed by atoms with Crippen molar-refractivity contribution in [1.82, 2.24) is 25.1 Å². The fourth-order valence-corrected chi connectivity index (χ4v) is 6.98. The Balaban J connectivity index is 0.951. The zero-order valence-corrected chi connectivity index (χ0v) is 29.0. The van der Waals surface area contributed by atoms with Crippen molar-refractivity contribution in [3.8, 4) is 11.8 Å². The average Bonchev–Trinajstić information content (AvgIpc) is 3.40. The van der Waals surface area contributed by atoms with E-state index in [9.17, 15) is 28.8 Å². The number of carbonyl (C=O) groups excluding carboxylic acids is 6. The number of hydrogen-bond donors (Lipinski definition) is 3. The number of amides is 7. The lowest BCUT2D eigenvalue weighted by Gasteiger charge is -2.32. The number of piperidine rings is 2. The van der Waals surface area contributed by atoms with Crippen LogP contribution in [0.4, 0.5) is 16.2 Å². The van der Waals surface area contributed by atoms with E-state index in [1.807, 2.05) is 6.07 Å². The maximum Gasteiger partial charge on any atom is 0.323 e. The monoisotopic (exact) mass is 729 g/mol. The average molecular weight is 730 g/mol. The topological polar surface area (TPSA) is 171 Å². The van der Waals surface area contributed by atoms with Gasteiger partial charge in [-0.3, -0.25) is 34.2 Å². The largest absolute Gasteiger partial charge is 0.339 e. The minimum atomic E-state index is -1.02. The predicted octanol–water partition coefficient (Wildman–Crippen LogP) is 4.67. The molecule has 266 valence electrons. The lowest BCUT2D eigenvalue weighted by Crippen LogP contribution is -2.54. The molecule has 1 unspecified atom stereocenters. The van der Waals surface area contributed by atoms with Gasteiger partial charge in [0.05, 0.1) is 11.1 Å². The molecular formula is C39H32ClN7O6. The molecule has 5 heterocycles. The van der Waals surface area contributed by atoms with Crippen molar-refractivity contribution in [2.75, 3.05) is 23.7 Å². The molecule has 3 N–H and O–H groups in total. The zero-order valence-electron chi connectivity index (χ0n) is 28.2. The van der Waals surface area contributed by atoms with Gasteiger partial charge in [0, 0.05) is 54.4 Å². The Morgan fingerprint density at radius 1 is 0.849 bits per heavy atom. The highest BCUT2D eigenvalue weighted by atomic mass is 35.5. The van der Waals surface area contributed by atoms with Gasteiger partial charge in [-0.2, -0.15) is 0 Å². The number of halogens is 1. The van der Waals surface area contributed by atoms with Crippen LogP contribution in [0.25, 0.3) is 0 Å². The quantitative estimate of drug-likeness (QED) is 0.146. The van der Waals surface area contributed by atoms with Crippen molar-refractivity contribution < 1.29 is 28.8 Å². The van der Waals surface area contributed by atoms with E-state index in [1.165, 1.54) is 18.5 Å². The first kappa shape index (κ1) is 35.0. The van der Waals surface area contributed by atoms with Crippen LogP contribution in [0.3, 0.4) is 0 Å². The van der Waals surface area contributed by atoms with Gasteiger partial charge < -0.3 is 15.5 Å². The third-order valence-corrected chi connectivity index (χ3v) is 9.62. The van der Waals surface area contributed by atoms with Crippen LogP contribution in [0.15, 0.2) is 79.1 Å². The van der Waals surface area contributed by atoms with Crippen LogP contribution >= 0.6 is 11.6 Å². The van der Waals surface area contributed by atoms with Crippen molar-refractivity contribution in [1.29, 1.82) is 0 Å². The number of benzene rings is 2. The molecule has 0 aliphatic carbocycles. The van der Waals surface area contributed by atoms with Gasteiger partial charge in [0.15, 0.2) is 0 Å². The van der Waals surface area contributed by atoms with Gasteiger partial charge >= 0.3 is 6.03 Å². The predicted molar refractivity (Wildman–Crippen MR) is 194 cm³/mol. The summed E-state index contributed by atoms with van der Waals surface area (Å²) >= 11 is 5.88. The van der Waals surface area contributed by atoms with Gasteiger partial charge in [-0.25, -0.2) is 14.8 Å². The second kappa shape index (κ2) is 15.1. The number of anilines is 2. The maximum atomic E-state index is 13.5. The standard InChI is InChI=1S/C39H32ClN7O6/c40-32-22-29(12-16-42-32)44-39(53)43-28-11-15-41-27(21-28)8-7-23-3-1-5-26(20-23)36(50)46-17-13-24(14-18-46)19-25-4-2-6-30-34(25)38(52)47(37(30)51)31-9-10-33(48)45-35(31)49/h1-6,11-12,15-16,20-22,24,31H,9-10,13-14,17-19H2,(H,45,48,49)(H2,41,42,43,44,53). The summed E-state index contributed by atoms with van der Waals surface area (Å²) in [5.74, 6) is 4.01. The van der Waals surface area contributed by atoms with Crippen molar-refractivity contribution >= 4 is 58.5 Å².